The van der Waals surface area contributed by atoms with Crippen molar-refractivity contribution in [2.75, 3.05) is 11.8 Å². The van der Waals surface area contributed by atoms with Gasteiger partial charge >= 0.3 is 0 Å². The first kappa shape index (κ1) is 25.6. The molecule has 188 valence electrons. The molecule has 0 unspecified atom stereocenters. The van der Waals surface area contributed by atoms with Crippen molar-refractivity contribution in [3.63, 3.8) is 0 Å². The van der Waals surface area contributed by atoms with E-state index in [4.69, 9.17) is 21.1 Å². The van der Waals surface area contributed by atoms with E-state index in [1.165, 1.54) is 37.5 Å². The second-order valence-electron chi connectivity index (χ2n) is 7.44. The molecule has 0 aliphatic heterocycles. The average molecular weight is 539 g/mol. The van der Waals surface area contributed by atoms with Crippen LogP contribution in [0.3, 0.4) is 0 Å². The summed E-state index contributed by atoms with van der Waals surface area (Å²) >= 11 is 6.43. The first-order valence-corrected chi connectivity index (χ1v) is 12.6. The summed E-state index contributed by atoms with van der Waals surface area (Å²) in [7, 11) is -2.65. The maximum Gasteiger partial charge on any atom is 0.270 e. The van der Waals surface area contributed by atoms with Crippen LogP contribution in [0.4, 0.5) is 11.5 Å². The zero-order valence-electron chi connectivity index (χ0n) is 19.2. The van der Waals surface area contributed by atoms with Crippen LogP contribution in [0.5, 0.6) is 17.2 Å². The summed E-state index contributed by atoms with van der Waals surface area (Å²) in [6, 6.07) is 21.0. The summed E-state index contributed by atoms with van der Waals surface area (Å²) in [6.45, 7) is 0. The van der Waals surface area contributed by atoms with Crippen LogP contribution >= 0.6 is 11.6 Å². The molecule has 0 saturated carbocycles. The normalized spacial score (nSPS) is 11.3. The van der Waals surface area contributed by atoms with Crippen molar-refractivity contribution < 1.29 is 22.8 Å². The van der Waals surface area contributed by atoms with E-state index in [1.54, 1.807) is 48.5 Å². The monoisotopic (exact) mass is 538 g/mol. The van der Waals surface area contributed by atoms with Crippen LogP contribution in [0.25, 0.3) is 17.5 Å². The molecule has 12 heteroatoms. The number of nitrogens with zero attached hydrogens (tertiary/aromatic N) is 3. The summed E-state index contributed by atoms with van der Waals surface area (Å²) < 4.78 is 39.4. The summed E-state index contributed by atoms with van der Waals surface area (Å²) in [4.78, 5) is 19.1. The van der Waals surface area contributed by atoms with Gasteiger partial charge in [0.1, 0.15) is 0 Å². The van der Waals surface area contributed by atoms with Crippen LogP contribution in [0.15, 0.2) is 84.3 Å². The van der Waals surface area contributed by atoms with Crippen molar-refractivity contribution in [3.05, 3.63) is 105 Å². The zero-order chi connectivity index (χ0) is 26.4. The third-order valence-electron chi connectivity index (χ3n) is 4.90. The number of methoxy groups -OCH3 is 1. The molecule has 0 bridgehead atoms. The Morgan fingerprint density at radius 1 is 0.973 bits per heavy atom. The molecule has 4 aromatic rings. The molecule has 0 radical (unpaired) electrons. The fraction of sp³-hybridized carbons (Fsp3) is 0.0400. The predicted octanol–water partition coefficient (Wildman–Crippen LogP) is 5.92. The number of nitrogens with one attached hydrogen (secondary N) is 1. The molecule has 4 rings (SSSR count). The molecule has 1 aromatic heterocycles. The number of anilines is 1. The quantitative estimate of drug-likeness (QED) is 0.158. The number of hydrogen-bond donors (Lipinski definition) is 1. The van der Waals surface area contributed by atoms with Crippen molar-refractivity contribution in [3.8, 4) is 28.6 Å². The van der Waals surface area contributed by atoms with Gasteiger partial charge in [0.15, 0.2) is 28.3 Å². The Morgan fingerprint density at radius 3 is 2.38 bits per heavy atom. The second kappa shape index (κ2) is 11.1. The van der Waals surface area contributed by atoms with Crippen molar-refractivity contribution in [1.29, 1.82) is 0 Å². The highest BCUT2D eigenvalue weighted by Crippen LogP contribution is 2.40. The van der Waals surface area contributed by atoms with Crippen molar-refractivity contribution in [2.24, 2.45) is 0 Å². The number of benzene rings is 3. The molecule has 0 aliphatic rings. The van der Waals surface area contributed by atoms with Gasteiger partial charge in [-0.25, -0.2) is 18.4 Å². The summed E-state index contributed by atoms with van der Waals surface area (Å²) in [6.07, 6.45) is 1.41. The molecule has 10 nitrogen and oxygen atoms in total. The third-order valence-corrected chi connectivity index (χ3v) is 6.13. The number of sulfonamides is 1. The number of nitro benzene ring substituents is 1. The summed E-state index contributed by atoms with van der Waals surface area (Å²) in [5, 5.41) is 12.0. The SMILES string of the molecule is COc1ccccc1Oc1c(Cl)nc(-c2cccc([N+](=O)[O-])c2)nc1NS(=O)(=O)/C=C/c1ccccc1. The van der Waals surface area contributed by atoms with Gasteiger partial charge in [-0.1, -0.05) is 66.2 Å². The van der Waals surface area contributed by atoms with Gasteiger partial charge in [-0.3, -0.25) is 14.8 Å². The van der Waals surface area contributed by atoms with Crippen LogP contribution < -0.4 is 14.2 Å². The van der Waals surface area contributed by atoms with Crippen molar-refractivity contribution in [1.82, 2.24) is 9.97 Å². The molecule has 0 spiro atoms. The highest BCUT2D eigenvalue weighted by molar-refractivity contribution is 7.95. The van der Waals surface area contributed by atoms with Gasteiger partial charge in [0, 0.05) is 17.7 Å². The molecule has 37 heavy (non-hydrogen) atoms. The van der Waals surface area contributed by atoms with Gasteiger partial charge in [0.2, 0.25) is 5.75 Å². The van der Waals surface area contributed by atoms with Gasteiger partial charge in [-0.05, 0) is 23.8 Å². The maximum atomic E-state index is 12.9. The lowest BCUT2D eigenvalue weighted by Gasteiger charge is -2.15. The van der Waals surface area contributed by atoms with Crippen molar-refractivity contribution in [2.45, 2.75) is 0 Å². The lowest BCUT2D eigenvalue weighted by Crippen LogP contribution is -2.12. The van der Waals surface area contributed by atoms with Gasteiger partial charge < -0.3 is 9.47 Å². The Bertz CT molecular complexity index is 1580. The number of rotatable bonds is 9. The van der Waals surface area contributed by atoms with E-state index < -0.39 is 14.9 Å². The van der Waals surface area contributed by atoms with Crippen LogP contribution in [0.2, 0.25) is 5.15 Å². The standard InChI is InChI=1S/C25H19ClN4O6S/c1-35-20-12-5-6-13-21(20)36-22-23(26)27-24(18-10-7-11-19(16-18)30(31)32)28-25(22)29-37(33,34)15-14-17-8-3-2-4-9-17/h2-16H,1H3,(H,27,28,29)/b15-14+. The van der Waals surface area contributed by atoms with E-state index in [2.05, 4.69) is 14.7 Å². The number of ether oxygens (including phenoxy) is 2. The van der Waals surface area contributed by atoms with E-state index in [-0.39, 0.29) is 39.5 Å². The fourth-order valence-electron chi connectivity index (χ4n) is 3.18. The molecule has 3 aromatic carbocycles. The second-order valence-corrected chi connectivity index (χ2v) is 9.36. The number of nitro groups is 1. The van der Waals surface area contributed by atoms with E-state index in [1.807, 2.05) is 6.07 Å². The average Bonchev–Trinajstić information content (AvgIpc) is 2.90. The molecule has 1 N–H and O–H groups in total. The Hall–Kier alpha value is -4.48. The molecule has 0 fully saturated rings. The Balaban J connectivity index is 1.79. The number of hydrogen-bond acceptors (Lipinski definition) is 8. The molecular formula is C25H19ClN4O6S. The van der Waals surface area contributed by atoms with E-state index in [0.717, 1.165) is 5.41 Å². The Kier molecular flexibility index (Phi) is 7.66. The number of halogens is 1. The smallest absolute Gasteiger partial charge is 0.270 e. The Labute approximate surface area is 217 Å². The van der Waals surface area contributed by atoms with E-state index >= 15 is 0 Å². The van der Waals surface area contributed by atoms with Crippen LogP contribution in [-0.4, -0.2) is 30.4 Å². The van der Waals surface area contributed by atoms with Crippen LogP contribution in [-0.2, 0) is 10.0 Å². The molecule has 0 aliphatic carbocycles. The predicted molar refractivity (Wildman–Crippen MR) is 140 cm³/mol. The van der Waals surface area contributed by atoms with E-state index in [0.29, 0.717) is 11.3 Å². The number of aromatic nitrogens is 2. The van der Waals surface area contributed by atoms with Crippen LogP contribution in [0, 0.1) is 10.1 Å². The highest BCUT2D eigenvalue weighted by Gasteiger charge is 2.22. The lowest BCUT2D eigenvalue weighted by atomic mass is 10.2. The largest absolute Gasteiger partial charge is 0.493 e. The minimum Gasteiger partial charge on any atom is -0.493 e. The minimum absolute atomic E-state index is 0.0502. The fourth-order valence-corrected chi connectivity index (χ4v) is 4.20. The van der Waals surface area contributed by atoms with Gasteiger partial charge in [-0.2, -0.15) is 0 Å². The maximum absolute atomic E-state index is 12.9. The highest BCUT2D eigenvalue weighted by atomic mass is 35.5. The molecule has 0 amide bonds. The first-order valence-electron chi connectivity index (χ1n) is 10.6. The molecule has 0 saturated heterocycles. The first-order chi connectivity index (χ1) is 17.8. The minimum atomic E-state index is -4.10. The third kappa shape index (κ3) is 6.40. The van der Waals surface area contributed by atoms with Crippen molar-refractivity contribution >= 4 is 39.2 Å². The topological polar surface area (TPSA) is 134 Å². The number of non-ortho nitro benzene ring substituents is 1. The lowest BCUT2D eigenvalue weighted by molar-refractivity contribution is -0.384. The number of para-hydroxylation sites is 2. The molecule has 0 atom stereocenters. The molecular weight excluding hydrogens is 520 g/mol. The van der Waals surface area contributed by atoms with E-state index in [9.17, 15) is 18.5 Å². The van der Waals surface area contributed by atoms with Gasteiger partial charge in [0.25, 0.3) is 15.7 Å². The van der Waals surface area contributed by atoms with Crippen LogP contribution in [0.1, 0.15) is 5.56 Å². The Morgan fingerprint density at radius 2 is 1.68 bits per heavy atom. The van der Waals surface area contributed by atoms with Gasteiger partial charge in [-0.15, -0.1) is 0 Å². The summed E-state index contributed by atoms with van der Waals surface area (Å²) in [5.74, 6) is 0.0888. The van der Waals surface area contributed by atoms with Gasteiger partial charge in [0.05, 0.1) is 17.4 Å². The molecule has 1 heterocycles. The summed E-state index contributed by atoms with van der Waals surface area (Å²) in [5.41, 5.74) is 0.719. The zero-order valence-corrected chi connectivity index (χ0v) is 20.8.